The van der Waals surface area contributed by atoms with Crippen LogP contribution in [0.4, 0.5) is 8.78 Å². The van der Waals surface area contributed by atoms with Crippen molar-refractivity contribution in [3.8, 4) is 11.5 Å². The normalized spacial score (nSPS) is 13.6. The summed E-state index contributed by atoms with van der Waals surface area (Å²) in [6.45, 7) is 3.22. The maximum absolute atomic E-state index is 14.0. The number of hydrogen-bond donors (Lipinski definition) is 0. The van der Waals surface area contributed by atoms with E-state index in [-0.39, 0.29) is 30.3 Å². The molecule has 2 aromatic rings. The molecule has 0 aromatic heterocycles. The highest BCUT2D eigenvalue weighted by atomic mass is 19.1. The van der Waals surface area contributed by atoms with E-state index in [1.165, 1.54) is 6.92 Å². The molecule has 3 rings (SSSR count). The Bertz CT molecular complexity index is 798. The Labute approximate surface area is 145 Å². The number of halogens is 2. The number of hydrogen-bond acceptors (Lipinski definition) is 3. The molecule has 1 fully saturated rings. The molecule has 0 radical (unpaired) electrons. The third-order valence-electron chi connectivity index (χ3n) is 4.28. The van der Waals surface area contributed by atoms with E-state index in [0.29, 0.717) is 17.2 Å². The molecular formula is C20H20F2O3. The van der Waals surface area contributed by atoms with E-state index in [1.54, 1.807) is 13.0 Å². The van der Waals surface area contributed by atoms with E-state index in [2.05, 4.69) is 0 Å². The highest BCUT2D eigenvalue weighted by Gasteiger charge is 2.28. The standard InChI is InChI=1S/C20H20F2O3/c1-3-20(23)25-18-6-4-5-14(13-7-8-13)15(18)11-24-19-10-16(21)12(2)9-17(19)22/h4-6,9-10,13H,3,7-8,11H2,1-2H3. The fraction of sp³-hybridized carbons (Fsp3) is 0.350. The molecule has 0 atom stereocenters. The smallest absolute Gasteiger partial charge is 0.310 e. The minimum Gasteiger partial charge on any atom is -0.486 e. The molecule has 0 heterocycles. The molecule has 0 spiro atoms. The van der Waals surface area contributed by atoms with Gasteiger partial charge in [-0.05, 0) is 48.9 Å². The fourth-order valence-electron chi connectivity index (χ4n) is 2.69. The van der Waals surface area contributed by atoms with E-state index in [4.69, 9.17) is 9.47 Å². The molecule has 0 N–H and O–H groups in total. The second-order valence-electron chi connectivity index (χ2n) is 6.25. The number of rotatable bonds is 6. The van der Waals surface area contributed by atoms with Gasteiger partial charge in [-0.2, -0.15) is 0 Å². The monoisotopic (exact) mass is 346 g/mol. The first kappa shape index (κ1) is 17.4. The van der Waals surface area contributed by atoms with Crippen LogP contribution in [-0.2, 0) is 11.4 Å². The minimum absolute atomic E-state index is 0.0123. The van der Waals surface area contributed by atoms with Gasteiger partial charge in [-0.25, -0.2) is 8.78 Å². The third-order valence-corrected chi connectivity index (χ3v) is 4.28. The van der Waals surface area contributed by atoms with Crippen LogP contribution in [0, 0.1) is 18.6 Å². The molecule has 1 saturated carbocycles. The Morgan fingerprint density at radius 1 is 1.16 bits per heavy atom. The number of aryl methyl sites for hydroxylation is 1. The molecule has 0 bridgehead atoms. The molecular weight excluding hydrogens is 326 g/mol. The molecule has 3 nitrogen and oxygen atoms in total. The van der Waals surface area contributed by atoms with Crippen LogP contribution in [0.1, 0.15) is 48.8 Å². The minimum atomic E-state index is -0.616. The van der Waals surface area contributed by atoms with Crippen LogP contribution in [-0.4, -0.2) is 5.97 Å². The highest BCUT2D eigenvalue weighted by Crippen LogP contribution is 2.44. The van der Waals surface area contributed by atoms with E-state index >= 15 is 0 Å². The second kappa shape index (κ2) is 7.21. The fourth-order valence-corrected chi connectivity index (χ4v) is 2.69. The topological polar surface area (TPSA) is 35.5 Å². The lowest BCUT2D eigenvalue weighted by atomic mass is 10.0. The third kappa shape index (κ3) is 3.98. The summed E-state index contributed by atoms with van der Waals surface area (Å²) in [7, 11) is 0. The Kier molecular flexibility index (Phi) is 5.02. The SMILES string of the molecule is CCC(=O)Oc1cccc(C2CC2)c1COc1cc(F)c(C)cc1F. The van der Waals surface area contributed by atoms with Crippen LogP contribution in [0.3, 0.4) is 0 Å². The largest absolute Gasteiger partial charge is 0.486 e. The van der Waals surface area contributed by atoms with Crippen LogP contribution in [0.5, 0.6) is 11.5 Å². The van der Waals surface area contributed by atoms with Gasteiger partial charge in [0.1, 0.15) is 18.2 Å². The van der Waals surface area contributed by atoms with Gasteiger partial charge in [0.2, 0.25) is 0 Å². The highest BCUT2D eigenvalue weighted by molar-refractivity contribution is 5.72. The number of esters is 1. The van der Waals surface area contributed by atoms with Gasteiger partial charge in [0.25, 0.3) is 0 Å². The van der Waals surface area contributed by atoms with Crippen LogP contribution < -0.4 is 9.47 Å². The van der Waals surface area contributed by atoms with Crippen molar-refractivity contribution in [1.82, 2.24) is 0 Å². The predicted molar refractivity (Wildman–Crippen MR) is 89.8 cm³/mol. The summed E-state index contributed by atoms with van der Waals surface area (Å²) in [6.07, 6.45) is 2.38. The zero-order valence-electron chi connectivity index (χ0n) is 14.3. The average Bonchev–Trinajstić information content (AvgIpc) is 3.42. The lowest BCUT2D eigenvalue weighted by Crippen LogP contribution is -2.10. The average molecular weight is 346 g/mol. The van der Waals surface area contributed by atoms with Crippen molar-refractivity contribution in [3.05, 3.63) is 58.7 Å². The summed E-state index contributed by atoms with van der Waals surface area (Å²) in [4.78, 5) is 11.7. The van der Waals surface area contributed by atoms with Crippen molar-refractivity contribution >= 4 is 5.97 Å². The van der Waals surface area contributed by atoms with Gasteiger partial charge in [0, 0.05) is 18.1 Å². The Morgan fingerprint density at radius 3 is 2.60 bits per heavy atom. The Morgan fingerprint density at radius 2 is 1.92 bits per heavy atom. The molecule has 0 aliphatic heterocycles. The molecule has 0 unspecified atom stereocenters. The van der Waals surface area contributed by atoms with Crippen LogP contribution in [0.15, 0.2) is 30.3 Å². The van der Waals surface area contributed by atoms with E-state index in [9.17, 15) is 13.6 Å². The Balaban J connectivity index is 1.88. The van der Waals surface area contributed by atoms with Gasteiger partial charge in [0.05, 0.1) is 0 Å². The molecule has 25 heavy (non-hydrogen) atoms. The zero-order valence-corrected chi connectivity index (χ0v) is 14.3. The van der Waals surface area contributed by atoms with Gasteiger partial charge in [0.15, 0.2) is 11.6 Å². The summed E-state index contributed by atoms with van der Waals surface area (Å²) >= 11 is 0. The molecule has 0 saturated heterocycles. The van der Waals surface area contributed by atoms with Crippen molar-refractivity contribution in [1.29, 1.82) is 0 Å². The maximum atomic E-state index is 14.0. The molecule has 2 aromatic carbocycles. The molecule has 5 heteroatoms. The Hall–Kier alpha value is -2.43. The number of carbonyl (C=O) groups is 1. The first-order valence-electron chi connectivity index (χ1n) is 8.40. The van der Waals surface area contributed by atoms with Gasteiger partial charge in [-0.3, -0.25) is 4.79 Å². The van der Waals surface area contributed by atoms with Crippen molar-refractivity contribution < 1.29 is 23.0 Å². The second-order valence-corrected chi connectivity index (χ2v) is 6.25. The van der Waals surface area contributed by atoms with Crippen LogP contribution >= 0.6 is 0 Å². The molecule has 1 aliphatic rings. The van der Waals surface area contributed by atoms with Crippen LogP contribution in [0.25, 0.3) is 0 Å². The number of carbonyl (C=O) groups excluding carboxylic acids is 1. The summed E-state index contributed by atoms with van der Waals surface area (Å²) in [5.74, 6) is -0.814. The van der Waals surface area contributed by atoms with Crippen molar-refractivity contribution in [2.24, 2.45) is 0 Å². The van der Waals surface area contributed by atoms with Crippen molar-refractivity contribution in [2.45, 2.75) is 45.6 Å². The van der Waals surface area contributed by atoms with Crippen molar-refractivity contribution in [3.63, 3.8) is 0 Å². The number of ether oxygens (including phenoxy) is 2. The lowest BCUT2D eigenvalue weighted by Gasteiger charge is -2.16. The van der Waals surface area contributed by atoms with Crippen LogP contribution in [0.2, 0.25) is 0 Å². The van der Waals surface area contributed by atoms with E-state index in [0.717, 1.165) is 30.5 Å². The first-order valence-corrected chi connectivity index (χ1v) is 8.40. The van der Waals surface area contributed by atoms with E-state index in [1.807, 2.05) is 12.1 Å². The molecule has 0 amide bonds. The summed E-state index contributed by atoms with van der Waals surface area (Å²) in [6, 6.07) is 7.65. The molecule has 132 valence electrons. The first-order chi connectivity index (χ1) is 12.0. The molecule has 1 aliphatic carbocycles. The van der Waals surface area contributed by atoms with Crippen molar-refractivity contribution in [2.75, 3.05) is 0 Å². The summed E-state index contributed by atoms with van der Waals surface area (Å²) in [5.41, 5.74) is 1.97. The van der Waals surface area contributed by atoms with Gasteiger partial charge in [-0.1, -0.05) is 19.1 Å². The summed E-state index contributed by atoms with van der Waals surface area (Å²) in [5, 5.41) is 0. The van der Waals surface area contributed by atoms with E-state index < -0.39 is 11.6 Å². The van der Waals surface area contributed by atoms with Gasteiger partial charge >= 0.3 is 5.97 Å². The van der Waals surface area contributed by atoms with Gasteiger partial charge < -0.3 is 9.47 Å². The summed E-state index contributed by atoms with van der Waals surface area (Å²) < 4.78 is 38.6. The number of benzene rings is 2. The quantitative estimate of drug-likeness (QED) is 0.543. The zero-order chi connectivity index (χ0) is 18.0. The lowest BCUT2D eigenvalue weighted by molar-refractivity contribution is -0.134. The predicted octanol–water partition coefficient (Wildman–Crippen LogP) is 5.05. The van der Waals surface area contributed by atoms with Gasteiger partial charge in [-0.15, -0.1) is 0 Å². The maximum Gasteiger partial charge on any atom is 0.310 e.